The van der Waals surface area contributed by atoms with Gasteiger partial charge < -0.3 is 10.2 Å². The minimum absolute atomic E-state index is 0.0446. The van der Waals surface area contributed by atoms with Gasteiger partial charge in [0.2, 0.25) is 5.91 Å². The predicted molar refractivity (Wildman–Crippen MR) is 109 cm³/mol. The second-order valence-electron chi connectivity index (χ2n) is 7.70. The first-order valence-electron chi connectivity index (χ1n) is 9.71. The van der Waals surface area contributed by atoms with E-state index in [1.807, 2.05) is 48.2 Å². The maximum atomic E-state index is 12.6. The van der Waals surface area contributed by atoms with Crippen molar-refractivity contribution in [1.82, 2.24) is 4.90 Å². The molecule has 2 aromatic carbocycles. The minimum Gasteiger partial charge on any atom is -0.339 e. The van der Waals surface area contributed by atoms with E-state index in [9.17, 15) is 9.59 Å². The highest BCUT2D eigenvalue weighted by molar-refractivity contribution is 5.95. The molecule has 0 bridgehead atoms. The molecule has 4 heteroatoms. The Morgan fingerprint density at radius 1 is 0.963 bits per heavy atom. The van der Waals surface area contributed by atoms with Gasteiger partial charge in [-0.15, -0.1) is 0 Å². The Hall–Kier alpha value is -2.62. The topological polar surface area (TPSA) is 49.4 Å². The van der Waals surface area contributed by atoms with Gasteiger partial charge in [0.05, 0.1) is 0 Å². The highest BCUT2D eigenvalue weighted by Gasteiger charge is 2.27. The molecule has 0 radical (unpaired) electrons. The Morgan fingerprint density at radius 3 is 2.11 bits per heavy atom. The number of hydrogen-bond donors (Lipinski definition) is 1. The van der Waals surface area contributed by atoms with Gasteiger partial charge >= 0.3 is 0 Å². The van der Waals surface area contributed by atoms with Crippen LogP contribution in [-0.4, -0.2) is 29.8 Å². The summed E-state index contributed by atoms with van der Waals surface area (Å²) in [5.41, 5.74) is 3.95. The Morgan fingerprint density at radius 2 is 1.56 bits per heavy atom. The fourth-order valence-corrected chi connectivity index (χ4v) is 3.42. The number of piperidine rings is 1. The van der Waals surface area contributed by atoms with Crippen molar-refractivity contribution in [2.24, 2.45) is 5.92 Å². The third-order valence-electron chi connectivity index (χ3n) is 5.30. The van der Waals surface area contributed by atoms with Gasteiger partial charge in [-0.1, -0.05) is 43.7 Å². The van der Waals surface area contributed by atoms with E-state index in [2.05, 4.69) is 31.3 Å². The van der Waals surface area contributed by atoms with Crippen molar-refractivity contribution in [1.29, 1.82) is 0 Å². The van der Waals surface area contributed by atoms with Crippen LogP contribution in [0.15, 0.2) is 48.5 Å². The molecule has 4 nitrogen and oxygen atoms in total. The van der Waals surface area contributed by atoms with Crippen molar-refractivity contribution >= 4 is 17.5 Å². The Bertz CT molecular complexity index is 786. The number of hydrogen-bond acceptors (Lipinski definition) is 2. The highest BCUT2D eigenvalue weighted by atomic mass is 16.2. The number of benzene rings is 2. The lowest BCUT2D eigenvalue weighted by molar-refractivity contribution is -0.121. The molecular formula is C23H28N2O2. The van der Waals surface area contributed by atoms with Crippen molar-refractivity contribution in [3.05, 3.63) is 65.2 Å². The number of nitrogens with one attached hydrogen (secondary N) is 1. The van der Waals surface area contributed by atoms with E-state index in [0.717, 1.165) is 11.3 Å². The lowest BCUT2D eigenvalue weighted by Gasteiger charge is -2.31. The summed E-state index contributed by atoms with van der Waals surface area (Å²) in [5, 5.41) is 3.02. The summed E-state index contributed by atoms with van der Waals surface area (Å²) < 4.78 is 0. The van der Waals surface area contributed by atoms with Gasteiger partial charge in [-0.05, 0) is 55.5 Å². The quantitative estimate of drug-likeness (QED) is 0.861. The zero-order valence-electron chi connectivity index (χ0n) is 16.4. The van der Waals surface area contributed by atoms with Crippen molar-refractivity contribution < 1.29 is 9.59 Å². The van der Waals surface area contributed by atoms with Gasteiger partial charge in [-0.3, -0.25) is 9.59 Å². The molecule has 0 unspecified atom stereocenters. The van der Waals surface area contributed by atoms with E-state index in [4.69, 9.17) is 0 Å². The maximum Gasteiger partial charge on any atom is 0.253 e. The van der Waals surface area contributed by atoms with Crippen molar-refractivity contribution in [2.75, 3.05) is 18.4 Å². The third-order valence-corrected chi connectivity index (χ3v) is 5.30. The van der Waals surface area contributed by atoms with Gasteiger partial charge in [-0.2, -0.15) is 0 Å². The molecule has 0 saturated carbocycles. The number of carbonyl (C=O) groups is 2. The van der Waals surface area contributed by atoms with Crippen LogP contribution in [0.5, 0.6) is 0 Å². The first-order valence-corrected chi connectivity index (χ1v) is 9.71. The maximum absolute atomic E-state index is 12.6. The fraction of sp³-hybridized carbons (Fsp3) is 0.391. The van der Waals surface area contributed by atoms with E-state index >= 15 is 0 Å². The largest absolute Gasteiger partial charge is 0.339 e. The molecule has 1 aliphatic heterocycles. The number of aryl methyl sites for hydroxylation is 1. The Balaban J connectivity index is 1.53. The molecule has 2 amide bonds. The Kier molecular flexibility index (Phi) is 5.94. The van der Waals surface area contributed by atoms with Gasteiger partial charge in [-0.25, -0.2) is 0 Å². The van der Waals surface area contributed by atoms with E-state index < -0.39 is 0 Å². The second kappa shape index (κ2) is 8.38. The summed E-state index contributed by atoms with van der Waals surface area (Å²) in [4.78, 5) is 27.0. The van der Waals surface area contributed by atoms with Gasteiger partial charge in [0.25, 0.3) is 5.91 Å². The van der Waals surface area contributed by atoms with E-state index in [1.165, 1.54) is 5.56 Å². The van der Waals surface area contributed by atoms with Gasteiger partial charge in [0.15, 0.2) is 0 Å². The molecule has 1 aliphatic rings. The second-order valence-corrected chi connectivity index (χ2v) is 7.70. The lowest BCUT2D eigenvalue weighted by atomic mass is 9.95. The zero-order valence-corrected chi connectivity index (χ0v) is 16.4. The summed E-state index contributed by atoms with van der Waals surface area (Å²) in [6, 6.07) is 15.7. The molecule has 1 N–H and O–H groups in total. The van der Waals surface area contributed by atoms with E-state index in [-0.39, 0.29) is 17.7 Å². The van der Waals surface area contributed by atoms with Crippen LogP contribution in [0, 0.1) is 12.8 Å². The molecule has 27 heavy (non-hydrogen) atoms. The molecular weight excluding hydrogens is 336 g/mol. The SMILES string of the molecule is Cc1ccc(C(=O)N2CCC(C(=O)Nc3ccc(C(C)C)cc3)CC2)cc1. The summed E-state index contributed by atoms with van der Waals surface area (Å²) >= 11 is 0. The lowest BCUT2D eigenvalue weighted by Crippen LogP contribution is -2.41. The molecule has 0 aromatic heterocycles. The van der Waals surface area contributed by atoms with Gasteiger partial charge in [0.1, 0.15) is 0 Å². The number of rotatable bonds is 4. The van der Waals surface area contributed by atoms with Crippen LogP contribution in [0.2, 0.25) is 0 Å². The molecule has 1 saturated heterocycles. The summed E-state index contributed by atoms with van der Waals surface area (Å²) in [5.74, 6) is 0.537. The minimum atomic E-state index is -0.0446. The number of amides is 2. The van der Waals surface area contributed by atoms with E-state index in [0.29, 0.717) is 37.4 Å². The molecule has 0 aliphatic carbocycles. The average Bonchev–Trinajstić information content (AvgIpc) is 2.68. The van der Waals surface area contributed by atoms with Crippen LogP contribution in [0.3, 0.4) is 0 Å². The summed E-state index contributed by atoms with van der Waals surface area (Å²) in [6.07, 6.45) is 1.40. The molecule has 142 valence electrons. The predicted octanol–water partition coefficient (Wildman–Crippen LogP) is 4.61. The number of carbonyl (C=O) groups excluding carboxylic acids is 2. The molecule has 0 spiro atoms. The molecule has 2 aromatic rings. The standard InChI is InChI=1S/C23H28N2O2/c1-16(2)18-8-10-21(11-9-18)24-22(26)19-12-14-25(15-13-19)23(27)20-6-4-17(3)5-7-20/h4-11,16,19H,12-15H2,1-3H3,(H,24,26). The van der Waals surface area contributed by atoms with Crippen LogP contribution in [0.4, 0.5) is 5.69 Å². The fourth-order valence-electron chi connectivity index (χ4n) is 3.42. The highest BCUT2D eigenvalue weighted by Crippen LogP contribution is 2.22. The summed E-state index contributed by atoms with van der Waals surface area (Å²) in [7, 11) is 0. The van der Waals surface area contributed by atoms with Gasteiger partial charge in [0, 0.05) is 30.3 Å². The van der Waals surface area contributed by atoms with Crippen molar-refractivity contribution in [3.63, 3.8) is 0 Å². The summed E-state index contributed by atoms with van der Waals surface area (Å²) in [6.45, 7) is 7.56. The zero-order chi connectivity index (χ0) is 19.4. The number of nitrogens with zero attached hydrogens (tertiary/aromatic N) is 1. The Labute approximate surface area is 161 Å². The third kappa shape index (κ3) is 4.76. The van der Waals surface area contributed by atoms with Crippen LogP contribution in [0.1, 0.15) is 54.1 Å². The first-order chi connectivity index (χ1) is 12.9. The molecule has 1 fully saturated rings. The van der Waals surface area contributed by atoms with Crippen LogP contribution in [-0.2, 0) is 4.79 Å². The van der Waals surface area contributed by atoms with Crippen molar-refractivity contribution in [3.8, 4) is 0 Å². The number of anilines is 1. The number of likely N-dealkylation sites (tertiary alicyclic amines) is 1. The molecule has 1 heterocycles. The molecule has 3 rings (SSSR count). The smallest absolute Gasteiger partial charge is 0.253 e. The monoisotopic (exact) mass is 364 g/mol. The van der Waals surface area contributed by atoms with Crippen LogP contribution < -0.4 is 5.32 Å². The average molecular weight is 364 g/mol. The van der Waals surface area contributed by atoms with Crippen LogP contribution >= 0.6 is 0 Å². The molecule has 0 atom stereocenters. The normalized spacial score (nSPS) is 15.0. The van der Waals surface area contributed by atoms with Crippen LogP contribution in [0.25, 0.3) is 0 Å². The first kappa shape index (κ1) is 19.2. The van der Waals surface area contributed by atoms with Crippen molar-refractivity contribution in [2.45, 2.75) is 39.5 Å². The van der Waals surface area contributed by atoms with E-state index in [1.54, 1.807) is 0 Å².